The maximum absolute atomic E-state index is 12.5. The summed E-state index contributed by atoms with van der Waals surface area (Å²) in [7, 11) is 1.60. The second-order valence-corrected chi connectivity index (χ2v) is 9.46. The first-order chi connectivity index (χ1) is 17.8. The quantitative estimate of drug-likeness (QED) is 0.479. The number of ether oxygens (including phenoxy) is 2. The van der Waals surface area contributed by atoms with E-state index in [0.717, 1.165) is 40.3 Å². The summed E-state index contributed by atoms with van der Waals surface area (Å²) in [5, 5.41) is 4.22. The largest absolute Gasteiger partial charge is 0.493 e. The number of fused-ring (bicyclic) bond motifs is 1. The van der Waals surface area contributed by atoms with Gasteiger partial charge < -0.3 is 19.6 Å². The highest BCUT2D eigenvalue weighted by atomic mass is 16.7. The summed E-state index contributed by atoms with van der Waals surface area (Å²) < 4.78 is 11.3. The number of nitrogens with one attached hydrogen (secondary N) is 1. The van der Waals surface area contributed by atoms with E-state index in [9.17, 15) is 14.4 Å². The van der Waals surface area contributed by atoms with E-state index >= 15 is 0 Å². The monoisotopic (exact) mass is 509 g/mol. The number of amides is 2. The Kier molecular flexibility index (Phi) is 8.33. The first kappa shape index (κ1) is 26.5. The summed E-state index contributed by atoms with van der Waals surface area (Å²) in [6, 6.07) is 11.7. The number of hydrogen-bond acceptors (Lipinski definition) is 7. The van der Waals surface area contributed by atoms with Crippen molar-refractivity contribution in [2.24, 2.45) is 5.92 Å². The summed E-state index contributed by atoms with van der Waals surface area (Å²) >= 11 is 0. The minimum Gasteiger partial charge on any atom is -0.493 e. The zero-order chi connectivity index (χ0) is 26.5. The van der Waals surface area contributed by atoms with Crippen LogP contribution in [-0.4, -0.2) is 48.0 Å². The van der Waals surface area contributed by atoms with E-state index in [2.05, 4.69) is 16.3 Å². The van der Waals surface area contributed by atoms with Crippen LogP contribution >= 0.6 is 0 Å². The predicted octanol–water partition coefficient (Wildman–Crippen LogP) is 4.22. The van der Waals surface area contributed by atoms with Crippen molar-refractivity contribution >= 4 is 23.5 Å². The first-order valence-corrected chi connectivity index (χ1v) is 12.7. The van der Waals surface area contributed by atoms with Crippen molar-refractivity contribution in [3.05, 3.63) is 53.1 Å². The van der Waals surface area contributed by atoms with Crippen molar-refractivity contribution in [1.82, 2.24) is 9.96 Å². The van der Waals surface area contributed by atoms with E-state index in [4.69, 9.17) is 14.3 Å². The molecule has 9 heteroatoms. The molecule has 0 spiro atoms. The minimum atomic E-state index is -0.542. The molecule has 0 radical (unpaired) electrons. The van der Waals surface area contributed by atoms with Crippen LogP contribution in [0.25, 0.3) is 0 Å². The lowest BCUT2D eigenvalue weighted by atomic mass is 10.0. The molecule has 0 saturated heterocycles. The van der Waals surface area contributed by atoms with Crippen LogP contribution in [0.15, 0.2) is 36.4 Å². The van der Waals surface area contributed by atoms with Crippen LogP contribution in [0.2, 0.25) is 0 Å². The Balaban J connectivity index is 1.62. The standard InChI is InChI=1S/C28H35N3O6/c1-5-36-27-15-21(11-12-26(27)35-4)25(13-14-31(18(2)32)37-19(3)33)30-16-22-7-6-8-24(23(22)17-30)29-28(34)20-9-10-20/h6-8,11-12,15,20,25H,5,9-10,13-14,16-17H2,1-4H3,(H,29,34). The average Bonchev–Trinajstić information content (AvgIpc) is 3.63. The summed E-state index contributed by atoms with van der Waals surface area (Å²) in [5.41, 5.74) is 4.10. The van der Waals surface area contributed by atoms with Gasteiger partial charge in [0.05, 0.1) is 20.3 Å². The molecule has 2 aliphatic rings. The lowest BCUT2D eigenvalue weighted by Crippen LogP contribution is -2.34. The Morgan fingerprint density at radius 3 is 2.54 bits per heavy atom. The topological polar surface area (TPSA) is 97.4 Å². The van der Waals surface area contributed by atoms with Gasteiger partial charge in [0.1, 0.15) is 0 Å². The molecule has 1 aliphatic heterocycles. The number of benzene rings is 2. The number of carbonyl (C=O) groups is 3. The molecule has 9 nitrogen and oxygen atoms in total. The van der Waals surface area contributed by atoms with Crippen molar-refractivity contribution in [2.45, 2.75) is 59.2 Å². The zero-order valence-electron chi connectivity index (χ0n) is 21.9. The van der Waals surface area contributed by atoms with Crippen molar-refractivity contribution in [1.29, 1.82) is 0 Å². The molecule has 2 aromatic carbocycles. The fourth-order valence-electron chi connectivity index (χ4n) is 4.76. The van der Waals surface area contributed by atoms with Gasteiger partial charge in [0.15, 0.2) is 11.5 Å². The lowest BCUT2D eigenvalue weighted by Gasteiger charge is -2.30. The Labute approximate surface area is 217 Å². The van der Waals surface area contributed by atoms with Crippen molar-refractivity contribution < 1.29 is 28.7 Å². The molecule has 1 saturated carbocycles. The van der Waals surface area contributed by atoms with Gasteiger partial charge in [-0.1, -0.05) is 18.2 Å². The third kappa shape index (κ3) is 6.40. The molecule has 1 N–H and O–H groups in total. The van der Waals surface area contributed by atoms with Gasteiger partial charge in [0.2, 0.25) is 5.91 Å². The molecule has 0 bridgehead atoms. The van der Waals surface area contributed by atoms with Gasteiger partial charge in [-0.05, 0) is 61.1 Å². The summed E-state index contributed by atoms with van der Waals surface area (Å²) in [6.45, 7) is 6.60. The van der Waals surface area contributed by atoms with Crippen molar-refractivity contribution in [2.75, 3.05) is 25.6 Å². The number of carbonyl (C=O) groups excluding carboxylic acids is 3. The van der Waals surface area contributed by atoms with Crippen LogP contribution in [-0.2, 0) is 32.3 Å². The number of rotatable bonds is 10. The molecular formula is C28H35N3O6. The second kappa shape index (κ2) is 11.6. The van der Waals surface area contributed by atoms with Crippen LogP contribution in [0, 0.1) is 5.92 Å². The zero-order valence-corrected chi connectivity index (χ0v) is 21.9. The smallest absolute Gasteiger partial charge is 0.329 e. The van der Waals surface area contributed by atoms with Gasteiger partial charge >= 0.3 is 5.97 Å². The molecule has 1 unspecified atom stereocenters. The molecule has 1 atom stereocenters. The van der Waals surface area contributed by atoms with Crippen LogP contribution in [0.3, 0.4) is 0 Å². The van der Waals surface area contributed by atoms with Crippen molar-refractivity contribution in [3.8, 4) is 11.5 Å². The maximum Gasteiger partial charge on any atom is 0.329 e. The minimum absolute atomic E-state index is 0.0818. The van der Waals surface area contributed by atoms with Crippen LogP contribution in [0.4, 0.5) is 5.69 Å². The maximum atomic E-state index is 12.5. The molecule has 1 fully saturated rings. The Bertz CT molecular complexity index is 1160. The first-order valence-electron chi connectivity index (χ1n) is 12.7. The fourth-order valence-corrected chi connectivity index (χ4v) is 4.76. The van der Waals surface area contributed by atoms with Gasteiger partial charge in [0, 0.05) is 44.6 Å². The van der Waals surface area contributed by atoms with Gasteiger partial charge in [-0.3, -0.25) is 19.3 Å². The molecule has 1 heterocycles. The Morgan fingerprint density at radius 2 is 1.89 bits per heavy atom. The lowest BCUT2D eigenvalue weighted by molar-refractivity contribution is -0.195. The van der Waals surface area contributed by atoms with Crippen LogP contribution in [0.5, 0.6) is 11.5 Å². The normalized spacial score (nSPS) is 15.5. The molecule has 2 aromatic rings. The van der Waals surface area contributed by atoms with Crippen LogP contribution in [0.1, 0.15) is 62.8 Å². The SMILES string of the molecule is CCOc1cc(C(CCN(OC(C)=O)C(C)=O)N2Cc3cccc(NC(=O)C4CC4)c3C2)ccc1OC. The molecular weight excluding hydrogens is 474 g/mol. The van der Waals surface area contributed by atoms with Gasteiger partial charge in [-0.25, -0.2) is 0 Å². The summed E-state index contributed by atoms with van der Waals surface area (Å²) in [6.07, 6.45) is 2.41. The highest BCUT2D eigenvalue weighted by molar-refractivity contribution is 5.95. The van der Waals surface area contributed by atoms with Gasteiger partial charge in [-0.2, -0.15) is 5.06 Å². The Morgan fingerprint density at radius 1 is 1.11 bits per heavy atom. The summed E-state index contributed by atoms with van der Waals surface area (Å²) in [5.74, 6) is 0.608. The molecule has 0 aromatic heterocycles. The number of hydrogen-bond donors (Lipinski definition) is 1. The Hall–Kier alpha value is -3.59. The third-order valence-corrected chi connectivity index (χ3v) is 6.72. The highest BCUT2D eigenvalue weighted by Gasteiger charge is 2.33. The molecule has 1 aliphatic carbocycles. The number of hydroxylamine groups is 2. The average molecular weight is 510 g/mol. The second-order valence-electron chi connectivity index (χ2n) is 9.46. The van der Waals surface area contributed by atoms with Crippen molar-refractivity contribution in [3.63, 3.8) is 0 Å². The van der Waals surface area contributed by atoms with E-state index in [1.54, 1.807) is 7.11 Å². The van der Waals surface area contributed by atoms with Gasteiger partial charge in [0.25, 0.3) is 5.91 Å². The summed E-state index contributed by atoms with van der Waals surface area (Å²) in [4.78, 5) is 43.6. The molecule has 2 amide bonds. The van der Waals surface area contributed by atoms with Gasteiger partial charge in [-0.15, -0.1) is 0 Å². The van der Waals surface area contributed by atoms with Crippen LogP contribution < -0.4 is 14.8 Å². The molecule has 37 heavy (non-hydrogen) atoms. The fraction of sp³-hybridized carbons (Fsp3) is 0.464. The highest BCUT2D eigenvalue weighted by Crippen LogP contribution is 2.40. The van der Waals surface area contributed by atoms with E-state index in [1.165, 1.54) is 13.8 Å². The number of nitrogens with zero attached hydrogens (tertiary/aromatic N) is 2. The third-order valence-electron chi connectivity index (χ3n) is 6.72. The number of anilines is 1. The molecule has 198 valence electrons. The van der Waals surface area contributed by atoms with E-state index in [1.807, 2.05) is 37.3 Å². The molecule has 4 rings (SSSR count). The number of methoxy groups -OCH3 is 1. The van der Waals surface area contributed by atoms with E-state index in [0.29, 0.717) is 37.6 Å². The predicted molar refractivity (Wildman–Crippen MR) is 138 cm³/mol. The van der Waals surface area contributed by atoms with E-state index < -0.39 is 5.97 Å². The van der Waals surface area contributed by atoms with E-state index in [-0.39, 0.29) is 30.3 Å².